The molecule has 0 spiro atoms. The summed E-state index contributed by atoms with van der Waals surface area (Å²) in [4.78, 5) is 29.9. The van der Waals surface area contributed by atoms with E-state index in [1.54, 1.807) is 18.0 Å². The highest BCUT2D eigenvalue weighted by atomic mass is 32.2. The van der Waals surface area contributed by atoms with E-state index in [2.05, 4.69) is 15.6 Å². The van der Waals surface area contributed by atoms with Gasteiger partial charge < -0.3 is 20.1 Å². The minimum atomic E-state index is -0.241. The number of imidazole rings is 1. The molecule has 2 aromatic rings. The van der Waals surface area contributed by atoms with Crippen molar-refractivity contribution in [1.82, 2.24) is 14.9 Å². The minimum Gasteiger partial charge on any atom is -0.337 e. The smallest absolute Gasteiger partial charge is 0.319 e. The van der Waals surface area contributed by atoms with Crippen molar-refractivity contribution in [2.75, 3.05) is 29.1 Å². The summed E-state index contributed by atoms with van der Waals surface area (Å²) in [7, 11) is 1.94. The molecule has 0 atom stereocenters. The summed E-state index contributed by atoms with van der Waals surface area (Å²) in [6.07, 6.45) is 5.16. The number of nitrogens with zero attached hydrogens (tertiary/aromatic N) is 3. The van der Waals surface area contributed by atoms with E-state index in [-0.39, 0.29) is 11.9 Å². The first-order valence-electron chi connectivity index (χ1n) is 8.60. The van der Waals surface area contributed by atoms with Crippen LogP contribution in [-0.2, 0) is 11.8 Å². The average Bonchev–Trinajstić information content (AvgIpc) is 3.20. The molecule has 8 heteroatoms. The van der Waals surface area contributed by atoms with Crippen LogP contribution in [0.2, 0.25) is 0 Å². The molecule has 1 aromatic carbocycles. The van der Waals surface area contributed by atoms with Gasteiger partial charge in [0.05, 0.1) is 0 Å². The summed E-state index contributed by atoms with van der Waals surface area (Å²) in [6, 6.07) is 5.37. The van der Waals surface area contributed by atoms with Crippen molar-refractivity contribution in [2.24, 2.45) is 7.05 Å². The third-order valence-electron chi connectivity index (χ3n) is 4.21. The van der Waals surface area contributed by atoms with Gasteiger partial charge in [-0.15, -0.1) is 0 Å². The fourth-order valence-corrected chi connectivity index (χ4v) is 3.70. The topological polar surface area (TPSA) is 79.3 Å². The number of hydrogen-bond acceptors (Lipinski definition) is 4. The van der Waals surface area contributed by atoms with Gasteiger partial charge in [-0.25, -0.2) is 9.78 Å². The number of benzene rings is 1. The largest absolute Gasteiger partial charge is 0.337 e. The number of aromatic nitrogens is 2. The third-order valence-corrected chi connectivity index (χ3v) is 5.27. The Morgan fingerprint density at radius 1 is 1.38 bits per heavy atom. The van der Waals surface area contributed by atoms with Crippen molar-refractivity contribution in [3.05, 3.63) is 36.2 Å². The van der Waals surface area contributed by atoms with E-state index in [0.717, 1.165) is 35.1 Å². The van der Waals surface area contributed by atoms with E-state index in [9.17, 15) is 9.59 Å². The summed E-state index contributed by atoms with van der Waals surface area (Å²) in [5.74, 6) is 0.907. The van der Waals surface area contributed by atoms with Crippen LogP contribution in [0.3, 0.4) is 0 Å². The Morgan fingerprint density at radius 3 is 2.88 bits per heavy atom. The van der Waals surface area contributed by atoms with Gasteiger partial charge in [-0.2, -0.15) is 0 Å². The Bertz CT molecular complexity index is 805. The number of carbonyl (C=O) groups excluding carboxylic acids is 2. The molecule has 0 bridgehead atoms. The number of thioether (sulfide) groups is 1. The molecule has 0 aliphatic carbocycles. The summed E-state index contributed by atoms with van der Waals surface area (Å²) >= 11 is 1.59. The Kier molecular flexibility index (Phi) is 5.82. The third kappa shape index (κ3) is 4.37. The predicted octanol–water partition coefficient (Wildman–Crippen LogP) is 2.77. The zero-order valence-corrected chi connectivity index (χ0v) is 15.8. The number of nitrogens with one attached hydrogen (secondary N) is 2. The second-order valence-corrected chi connectivity index (χ2v) is 7.26. The van der Waals surface area contributed by atoms with E-state index in [1.807, 2.05) is 47.8 Å². The van der Waals surface area contributed by atoms with Crippen molar-refractivity contribution >= 4 is 35.1 Å². The molecule has 1 aliphatic rings. The number of rotatable bonds is 6. The van der Waals surface area contributed by atoms with E-state index < -0.39 is 0 Å². The second kappa shape index (κ2) is 8.27. The molecule has 1 saturated heterocycles. The lowest BCUT2D eigenvalue weighted by Gasteiger charge is -2.19. The van der Waals surface area contributed by atoms with Gasteiger partial charge in [-0.05, 0) is 37.1 Å². The monoisotopic (exact) mass is 373 g/mol. The van der Waals surface area contributed by atoms with Crippen LogP contribution in [0.15, 0.2) is 35.7 Å². The molecule has 1 aliphatic heterocycles. The van der Waals surface area contributed by atoms with Crippen molar-refractivity contribution < 1.29 is 9.59 Å². The molecule has 1 aromatic heterocycles. The Hall–Kier alpha value is -2.48. The number of carbonyl (C=O) groups is 2. The summed E-state index contributed by atoms with van der Waals surface area (Å²) < 4.78 is 1.94. The van der Waals surface area contributed by atoms with Crippen molar-refractivity contribution in [3.63, 3.8) is 0 Å². The van der Waals surface area contributed by atoms with Gasteiger partial charge in [0.1, 0.15) is 0 Å². The fraction of sp³-hybridized carbons (Fsp3) is 0.389. The van der Waals surface area contributed by atoms with Crippen molar-refractivity contribution in [2.45, 2.75) is 24.9 Å². The highest BCUT2D eigenvalue weighted by Gasteiger charge is 2.22. The SMILES string of the molecule is Cc1cc(NC(=O)NCCSc2nccn2C)ccc1N1CCCC1=O. The maximum Gasteiger partial charge on any atom is 0.319 e. The quantitative estimate of drug-likeness (QED) is 0.603. The molecule has 7 nitrogen and oxygen atoms in total. The Morgan fingerprint density at radius 2 is 2.23 bits per heavy atom. The highest BCUT2D eigenvalue weighted by molar-refractivity contribution is 7.99. The fourth-order valence-electron chi connectivity index (χ4n) is 2.91. The average molecular weight is 373 g/mol. The van der Waals surface area contributed by atoms with Crippen LogP contribution in [0.25, 0.3) is 0 Å². The first-order valence-corrected chi connectivity index (χ1v) is 9.59. The van der Waals surface area contributed by atoms with Gasteiger partial charge in [-0.3, -0.25) is 4.79 Å². The molecule has 0 radical (unpaired) electrons. The Labute approximate surface area is 157 Å². The minimum absolute atomic E-state index is 0.164. The van der Waals surface area contributed by atoms with Crippen LogP contribution in [0.4, 0.5) is 16.2 Å². The van der Waals surface area contributed by atoms with Crippen LogP contribution in [0, 0.1) is 6.92 Å². The van der Waals surface area contributed by atoms with Gasteiger partial charge >= 0.3 is 6.03 Å². The first kappa shape index (κ1) is 18.3. The van der Waals surface area contributed by atoms with Crippen LogP contribution in [0.5, 0.6) is 0 Å². The second-order valence-electron chi connectivity index (χ2n) is 6.20. The Balaban J connectivity index is 1.47. The van der Waals surface area contributed by atoms with E-state index in [1.165, 1.54) is 0 Å². The molecule has 0 saturated carbocycles. The van der Waals surface area contributed by atoms with Gasteiger partial charge in [0.15, 0.2) is 5.16 Å². The molecule has 138 valence electrons. The molecule has 0 unspecified atom stereocenters. The molecule has 2 heterocycles. The van der Waals surface area contributed by atoms with E-state index in [4.69, 9.17) is 0 Å². The molecular weight excluding hydrogens is 350 g/mol. The van der Waals surface area contributed by atoms with Crippen LogP contribution >= 0.6 is 11.8 Å². The van der Waals surface area contributed by atoms with Crippen molar-refractivity contribution in [3.8, 4) is 0 Å². The lowest BCUT2D eigenvalue weighted by molar-refractivity contribution is -0.117. The number of hydrogen-bond donors (Lipinski definition) is 2. The van der Waals surface area contributed by atoms with Gasteiger partial charge in [0.25, 0.3) is 0 Å². The van der Waals surface area contributed by atoms with Gasteiger partial charge in [0, 0.05) is 56.1 Å². The predicted molar refractivity (Wildman–Crippen MR) is 104 cm³/mol. The summed E-state index contributed by atoms with van der Waals surface area (Å²) in [6.45, 7) is 3.26. The zero-order chi connectivity index (χ0) is 18.5. The maximum atomic E-state index is 12.0. The number of anilines is 2. The first-order chi connectivity index (χ1) is 12.5. The molecular formula is C18H23N5O2S. The summed E-state index contributed by atoms with van der Waals surface area (Å²) in [5.41, 5.74) is 2.61. The molecule has 3 amide bonds. The summed E-state index contributed by atoms with van der Waals surface area (Å²) in [5, 5.41) is 6.60. The van der Waals surface area contributed by atoms with Gasteiger partial charge in [-0.1, -0.05) is 11.8 Å². The van der Waals surface area contributed by atoms with Crippen LogP contribution in [0.1, 0.15) is 18.4 Å². The van der Waals surface area contributed by atoms with Gasteiger partial charge in [0.2, 0.25) is 5.91 Å². The lowest BCUT2D eigenvalue weighted by atomic mass is 10.1. The standard InChI is InChI=1S/C18H23N5O2S/c1-13-12-14(5-6-15(13)23-9-3-4-16(23)24)21-17(25)19-8-11-26-18-20-7-10-22(18)2/h5-7,10,12H,3-4,8-9,11H2,1-2H3,(H2,19,21,25). The zero-order valence-electron chi connectivity index (χ0n) is 15.0. The highest BCUT2D eigenvalue weighted by Crippen LogP contribution is 2.27. The van der Waals surface area contributed by atoms with E-state index in [0.29, 0.717) is 18.7 Å². The van der Waals surface area contributed by atoms with Crippen LogP contribution < -0.4 is 15.5 Å². The maximum absolute atomic E-state index is 12.0. The molecule has 2 N–H and O–H groups in total. The van der Waals surface area contributed by atoms with Crippen molar-refractivity contribution in [1.29, 1.82) is 0 Å². The normalized spacial score (nSPS) is 13.9. The van der Waals surface area contributed by atoms with E-state index >= 15 is 0 Å². The molecule has 26 heavy (non-hydrogen) atoms. The number of urea groups is 1. The number of aryl methyl sites for hydroxylation is 2. The molecule has 1 fully saturated rings. The van der Waals surface area contributed by atoms with Crippen LogP contribution in [-0.4, -0.2) is 40.3 Å². The molecule has 3 rings (SSSR count). The number of amides is 3. The lowest BCUT2D eigenvalue weighted by Crippen LogP contribution is -2.30.